The molecule has 0 fully saturated rings. The van der Waals surface area contributed by atoms with Crippen molar-refractivity contribution in [3.63, 3.8) is 0 Å². The zero-order valence-electron chi connectivity index (χ0n) is 20.2. The maximum atomic E-state index is 13.4. The topological polar surface area (TPSA) is 125 Å². The van der Waals surface area contributed by atoms with Gasteiger partial charge in [0.2, 0.25) is 5.88 Å². The highest BCUT2D eigenvalue weighted by molar-refractivity contribution is 6.04. The van der Waals surface area contributed by atoms with Gasteiger partial charge in [0.15, 0.2) is 5.78 Å². The third kappa shape index (κ3) is 4.77. The van der Waals surface area contributed by atoms with Crippen molar-refractivity contribution in [2.75, 3.05) is 6.61 Å². The van der Waals surface area contributed by atoms with Gasteiger partial charge in [-0.1, -0.05) is 50.2 Å². The number of para-hydroxylation sites is 1. The molecule has 0 saturated carbocycles. The zero-order valence-corrected chi connectivity index (χ0v) is 20.2. The van der Waals surface area contributed by atoms with Crippen molar-refractivity contribution in [2.45, 2.75) is 39.5 Å². The van der Waals surface area contributed by atoms with E-state index < -0.39 is 28.1 Å². The van der Waals surface area contributed by atoms with Gasteiger partial charge in [-0.3, -0.25) is 25.0 Å². The molecule has 2 aliphatic rings. The summed E-state index contributed by atoms with van der Waals surface area (Å²) < 4.78 is 11.3. The number of nitrogens with one attached hydrogen (secondary N) is 1. The molecule has 1 aliphatic carbocycles. The summed E-state index contributed by atoms with van der Waals surface area (Å²) in [4.78, 5) is 51.1. The van der Waals surface area contributed by atoms with Gasteiger partial charge in [0.1, 0.15) is 11.3 Å². The number of benzene rings is 2. The number of ketones is 1. The largest absolute Gasteiger partial charge is 0.462 e. The SMILES string of the molecule is CCOC(=O)C1=C(NC(=O)c2ccccc2)OC2=C(C(=O)CC(C)(C)C2)C1c1ccccc1[N+](=O)[O-]. The molecular weight excluding hydrogens is 464 g/mol. The number of carbonyl (C=O) groups excluding carboxylic acids is 3. The van der Waals surface area contributed by atoms with Gasteiger partial charge in [0.05, 0.1) is 17.4 Å². The first-order valence-corrected chi connectivity index (χ1v) is 11.6. The standard InChI is InChI=1S/C27H26N2O7/c1-4-35-26(32)23-21(17-12-8-9-13-18(17)29(33)34)22-19(30)14-27(2,3)15-20(22)36-25(23)28-24(31)16-10-6-5-7-11-16/h5-13,21H,4,14-15H2,1-3H3,(H,28,31). The first kappa shape index (κ1) is 24.8. The van der Waals surface area contributed by atoms with E-state index in [1.165, 1.54) is 18.2 Å². The maximum absolute atomic E-state index is 13.4. The monoisotopic (exact) mass is 490 g/mol. The van der Waals surface area contributed by atoms with E-state index in [9.17, 15) is 24.5 Å². The third-order valence-electron chi connectivity index (χ3n) is 6.13. The van der Waals surface area contributed by atoms with Crippen LogP contribution >= 0.6 is 0 Å². The molecule has 0 spiro atoms. The number of allylic oxidation sites excluding steroid dienone is 2. The lowest BCUT2D eigenvalue weighted by Crippen LogP contribution is -2.38. The Labute approximate surface area is 207 Å². The fourth-order valence-corrected chi connectivity index (χ4v) is 4.63. The van der Waals surface area contributed by atoms with Crippen molar-refractivity contribution in [2.24, 2.45) is 5.41 Å². The molecule has 1 heterocycles. The van der Waals surface area contributed by atoms with Crippen molar-refractivity contribution in [3.8, 4) is 0 Å². The van der Waals surface area contributed by atoms with E-state index in [1.54, 1.807) is 43.3 Å². The minimum Gasteiger partial charge on any atom is -0.462 e. The second-order valence-corrected chi connectivity index (χ2v) is 9.41. The van der Waals surface area contributed by atoms with Gasteiger partial charge in [-0.2, -0.15) is 0 Å². The molecule has 1 aliphatic heterocycles. The minimum absolute atomic E-state index is 0.0126. The molecule has 2 aromatic carbocycles. The van der Waals surface area contributed by atoms with Gasteiger partial charge >= 0.3 is 5.97 Å². The summed E-state index contributed by atoms with van der Waals surface area (Å²) in [5.41, 5.74) is -0.241. The Hall–Kier alpha value is -4.27. The van der Waals surface area contributed by atoms with Gasteiger partial charge in [0.25, 0.3) is 11.6 Å². The fourth-order valence-electron chi connectivity index (χ4n) is 4.63. The highest BCUT2D eigenvalue weighted by Crippen LogP contribution is 2.50. The molecule has 2 aromatic rings. The third-order valence-corrected chi connectivity index (χ3v) is 6.13. The zero-order chi connectivity index (χ0) is 26.0. The number of nitro groups is 1. The molecule has 1 unspecified atom stereocenters. The predicted molar refractivity (Wildman–Crippen MR) is 130 cm³/mol. The van der Waals surface area contributed by atoms with Crippen molar-refractivity contribution in [3.05, 3.63) is 98.6 Å². The smallest absolute Gasteiger partial charge is 0.340 e. The normalized spacial score (nSPS) is 18.8. The van der Waals surface area contributed by atoms with Crippen LogP contribution in [0.4, 0.5) is 5.69 Å². The van der Waals surface area contributed by atoms with Crippen LogP contribution < -0.4 is 5.32 Å². The van der Waals surface area contributed by atoms with Crippen molar-refractivity contribution in [1.82, 2.24) is 5.32 Å². The molecule has 9 heteroatoms. The summed E-state index contributed by atoms with van der Waals surface area (Å²) >= 11 is 0. The van der Waals surface area contributed by atoms with Crippen LogP contribution in [-0.4, -0.2) is 29.2 Å². The number of nitro benzene ring substituents is 1. The van der Waals surface area contributed by atoms with Crippen molar-refractivity contribution < 1.29 is 28.8 Å². The lowest BCUT2D eigenvalue weighted by Gasteiger charge is -2.38. The second kappa shape index (κ2) is 9.77. The lowest BCUT2D eigenvalue weighted by molar-refractivity contribution is -0.385. The molecule has 1 atom stereocenters. The summed E-state index contributed by atoms with van der Waals surface area (Å²) in [6.07, 6.45) is 0.514. The number of Topliss-reactive ketones (excluding diaryl/α,β-unsaturated/α-hetero) is 1. The van der Waals surface area contributed by atoms with Crippen LogP contribution in [0.25, 0.3) is 0 Å². The average Bonchev–Trinajstić information content (AvgIpc) is 2.83. The molecule has 4 rings (SSSR count). The van der Waals surface area contributed by atoms with Gasteiger partial charge in [0, 0.05) is 35.6 Å². The quantitative estimate of drug-likeness (QED) is 0.358. The highest BCUT2D eigenvalue weighted by Gasteiger charge is 2.47. The summed E-state index contributed by atoms with van der Waals surface area (Å²) in [5.74, 6) is -2.73. The number of ether oxygens (including phenoxy) is 2. The first-order chi connectivity index (χ1) is 17.1. The van der Waals surface area contributed by atoms with Crippen LogP contribution in [0.15, 0.2) is 77.4 Å². The Balaban J connectivity index is 1.95. The molecule has 0 bridgehead atoms. The number of hydrogen-bond acceptors (Lipinski definition) is 7. The summed E-state index contributed by atoms with van der Waals surface area (Å²) in [5, 5.41) is 14.6. The number of hydrogen-bond donors (Lipinski definition) is 1. The van der Waals surface area contributed by atoms with Crippen LogP contribution in [0.3, 0.4) is 0 Å². The molecule has 0 saturated heterocycles. The summed E-state index contributed by atoms with van der Waals surface area (Å²) in [6.45, 7) is 5.44. The first-order valence-electron chi connectivity index (χ1n) is 11.6. The van der Waals surface area contributed by atoms with Crippen LogP contribution in [-0.2, 0) is 19.1 Å². The van der Waals surface area contributed by atoms with Crippen LogP contribution in [0.2, 0.25) is 0 Å². The molecule has 9 nitrogen and oxygen atoms in total. The Morgan fingerprint density at radius 1 is 1.11 bits per heavy atom. The van der Waals surface area contributed by atoms with Gasteiger partial charge in [-0.25, -0.2) is 4.79 Å². The van der Waals surface area contributed by atoms with Gasteiger partial charge in [-0.05, 0) is 24.5 Å². The maximum Gasteiger partial charge on any atom is 0.340 e. The molecule has 1 N–H and O–H groups in total. The minimum atomic E-state index is -1.15. The number of amides is 1. The van der Waals surface area contributed by atoms with Gasteiger partial charge < -0.3 is 9.47 Å². The average molecular weight is 491 g/mol. The number of rotatable bonds is 6. The Kier molecular flexibility index (Phi) is 6.74. The van der Waals surface area contributed by atoms with E-state index in [1.807, 2.05) is 13.8 Å². The van der Waals surface area contributed by atoms with E-state index in [0.29, 0.717) is 12.0 Å². The van der Waals surface area contributed by atoms with Crippen LogP contribution in [0, 0.1) is 15.5 Å². The molecule has 1 amide bonds. The van der Waals surface area contributed by atoms with Crippen molar-refractivity contribution >= 4 is 23.3 Å². The van der Waals surface area contributed by atoms with E-state index in [-0.39, 0.29) is 52.9 Å². The Bertz CT molecular complexity index is 1310. The molecular formula is C27H26N2O7. The van der Waals surface area contributed by atoms with Crippen LogP contribution in [0.1, 0.15) is 55.5 Å². The number of nitrogens with zero attached hydrogens (tertiary/aromatic N) is 1. The molecule has 36 heavy (non-hydrogen) atoms. The molecule has 0 aromatic heterocycles. The number of carbonyl (C=O) groups is 3. The Morgan fingerprint density at radius 3 is 2.44 bits per heavy atom. The van der Waals surface area contributed by atoms with E-state index >= 15 is 0 Å². The summed E-state index contributed by atoms with van der Waals surface area (Å²) in [6, 6.07) is 14.3. The molecule has 186 valence electrons. The lowest BCUT2D eigenvalue weighted by atomic mass is 9.70. The van der Waals surface area contributed by atoms with Crippen molar-refractivity contribution in [1.29, 1.82) is 0 Å². The highest BCUT2D eigenvalue weighted by atomic mass is 16.6. The second-order valence-electron chi connectivity index (χ2n) is 9.41. The van der Waals surface area contributed by atoms with Crippen LogP contribution in [0.5, 0.6) is 0 Å². The van der Waals surface area contributed by atoms with E-state index in [0.717, 1.165) is 0 Å². The fraction of sp³-hybridized carbons (Fsp3) is 0.296. The number of esters is 1. The van der Waals surface area contributed by atoms with Gasteiger partial charge in [-0.15, -0.1) is 0 Å². The molecule has 0 radical (unpaired) electrons. The van der Waals surface area contributed by atoms with E-state index in [2.05, 4.69) is 5.32 Å². The summed E-state index contributed by atoms with van der Waals surface area (Å²) in [7, 11) is 0. The predicted octanol–water partition coefficient (Wildman–Crippen LogP) is 4.56. The van der Waals surface area contributed by atoms with E-state index in [4.69, 9.17) is 9.47 Å². The Morgan fingerprint density at radius 2 is 1.78 bits per heavy atom.